The summed E-state index contributed by atoms with van der Waals surface area (Å²) in [4.78, 5) is 23.6. The number of carbonyl (C=O) groups is 2. The first-order valence-corrected chi connectivity index (χ1v) is 10.8. The molecule has 0 aromatic carbocycles. The maximum absolute atomic E-state index is 11.9. The Morgan fingerprint density at radius 3 is 1.44 bits per heavy atom. The summed E-state index contributed by atoms with van der Waals surface area (Å²) in [5.74, 6) is -5.22. The highest BCUT2D eigenvalue weighted by Crippen LogP contribution is 2.17. The summed E-state index contributed by atoms with van der Waals surface area (Å²) in [7, 11) is 0. The number of esters is 1. The Hall–Kier alpha value is -0.940. The van der Waals surface area contributed by atoms with E-state index >= 15 is 0 Å². The molecule has 0 aromatic heterocycles. The van der Waals surface area contributed by atoms with Crippen molar-refractivity contribution in [2.75, 3.05) is 0 Å². The first-order valence-electron chi connectivity index (χ1n) is 10.8. The van der Waals surface area contributed by atoms with Crippen molar-refractivity contribution in [1.29, 1.82) is 0 Å². The highest BCUT2D eigenvalue weighted by molar-refractivity contribution is 6.04. The van der Waals surface area contributed by atoms with Crippen molar-refractivity contribution >= 4 is 11.8 Å². The molecule has 0 fully saturated rings. The van der Waals surface area contributed by atoms with Gasteiger partial charge in [-0.2, -0.15) is 0 Å². The molecule has 0 aliphatic carbocycles. The molecule has 0 spiro atoms. The Morgan fingerprint density at radius 2 is 1.07 bits per heavy atom. The molecular formula is C22H42O5. The Kier molecular flexibility index (Phi) is 13.6. The minimum atomic E-state index is -3.04. The summed E-state index contributed by atoms with van der Waals surface area (Å²) in [5.41, 5.74) is -0.871. The Labute approximate surface area is 165 Å². The van der Waals surface area contributed by atoms with Gasteiger partial charge in [0, 0.05) is 6.42 Å². The third-order valence-electron chi connectivity index (χ3n) is 4.58. The normalized spacial score (nSPS) is 12.2. The summed E-state index contributed by atoms with van der Waals surface area (Å²) in [6, 6.07) is 0. The highest BCUT2D eigenvalue weighted by atomic mass is 16.6. The predicted molar refractivity (Wildman–Crippen MR) is 108 cm³/mol. The van der Waals surface area contributed by atoms with Gasteiger partial charge in [-0.3, -0.25) is 4.79 Å². The van der Waals surface area contributed by atoms with E-state index in [1.165, 1.54) is 57.8 Å². The van der Waals surface area contributed by atoms with Gasteiger partial charge in [-0.1, -0.05) is 84.0 Å². The minimum absolute atomic E-state index is 0.0238. The van der Waals surface area contributed by atoms with Gasteiger partial charge in [0.25, 0.3) is 0 Å². The first-order chi connectivity index (χ1) is 12.6. The number of ketones is 1. The highest BCUT2D eigenvalue weighted by Gasteiger charge is 2.44. The van der Waals surface area contributed by atoms with Crippen molar-refractivity contribution < 1.29 is 24.5 Å². The summed E-state index contributed by atoms with van der Waals surface area (Å²) < 4.78 is 4.88. The van der Waals surface area contributed by atoms with Crippen LogP contribution in [-0.4, -0.2) is 33.4 Å². The number of unbranched alkanes of at least 4 members (excludes halogenated alkanes) is 12. The lowest BCUT2D eigenvalue weighted by Crippen LogP contribution is -2.49. The van der Waals surface area contributed by atoms with Gasteiger partial charge in [-0.25, -0.2) is 4.79 Å². The number of rotatable bonds is 16. The van der Waals surface area contributed by atoms with Crippen LogP contribution >= 0.6 is 0 Å². The average molecular weight is 387 g/mol. The van der Waals surface area contributed by atoms with Gasteiger partial charge in [0.05, 0.1) is 0 Å². The van der Waals surface area contributed by atoms with Crippen molar-refractivity contribution in [3.8, 4) is 0 Å². The van der Waals surface area contributed by atoms with Crippen LogP contribution in [-0.2, 0) is 14.3 Å². The Morgan fingerprint density at radius 1 is 0.704 bits per heavy atom. The van der Waals surface area contributed by atoms with Crippen LogP contribution in [0.4, 0.5) is 0 Å². The lowest BCUT2D eigenvalue weighted by Gasteiger charge is -2.25. The van der Waals surface area contributed by atoms with Gasteiger partial charge in [0.15, 0.2) is 0 Å². The minimum Gasteiger partial charge on any atom is -0.456 e. The van der Waals surface area contributed by atoms with Gasteiger partial charge in [0.1, 0.15) is 5.60 Å². The van der Waals surface area contributed by atoms with Crippen LogP contribution < -0.4 is 0 Å². The zero-order chi connectivity index (χ0) is 20.8. The summed E-state index contributed by atoms with van der Waals surface area (Å²) in [6.45, 7) is 7.06. The van der Waals surface area contributed by atoms with Gasteiger partial charge in [-0.15, -0.1) is 0 Å². The lowest BCUT2D eigenvalue weighted by atomic mass is 10.0. The number of hydrogen-bond donors (Lipinski definition) is 2. The molecule has 0 aromatic rings. The SMILES string of the molecule is CCCCCCCCCCCCCCCC(=O)C(O)(O)C(=O)OC(C)(C)C. The van der Waals surface area contributed by atoms with E-state index < -0.39 is 23.1 Å². The van der Waals surface area contributed by atoms with Crippen LogP contribution in [0.25, 0.3) is 0 Å². The van der Waals surface area contributed by atoms with E-state index in [1.54, 1.807) is 20.8 Å². The molecule has 160 valence electrons. The molecule has 0 aliphatic rings. The predicted octanol–water partition coefficient (Wildman–Crippen LogP) is 5.06. The number of aliphatic hydroxyl groups is 2. The largest absolute Gasteiger partial charge is 0.456 e. The van der Waals surface area contributed by atoms with E-state index in [0.717, 1.165) is 19.3 Å². The van der Waals surface area contributed by atoms with E-state index in [1.807, 2.05) is 0 Å². The van der Waals surface area contributed by atoms with Crippen molar-refractivity contribution in [3.05, 3.63) is 0 Å². The average Bonchev–Trinajstić information content (AvgIpc) is 2.57. The lowest BCUT2D eigenvalue weighted by molar-refractivity contribution is -0.216. The topological polar surface area (TPSA) is 83.8 Å². The molecule has 2 N–H and O–H groups in total. The van der Waals surface area contributed by atoms with Crippen molar-refractivity contribution in [3.63, 3.8) is 0 Å². The van der Waals surface area contributed by atoms with Gasteiger partial charge in [-0.05, 0) is 27.2 Å². The summed E-state index contributed by atoms with van der Waals surface area (Å²) in [6.07, 6.45) is 15.4. The van der Waals surface area contributed by atoms with Crippen LogP contribution in [0.5, 0.6) is 0 Å². The fourth-order valence-corrected chi connectivity index (χ4v) is 2.94. The number of Topliss-reactive ketones (excluding diaryl/α,β-unsaturated/α-hetero) is 1. The molecule has 0 bridgehead atoms. The van der Waals surface area contributed by atoms with Crippen molar-refractivity contribution in [2.24, 2.45) is 0 Å². The molecule has 5 nitrogen and oxygen atoms in total. The standard InChI is InChI=1S/C22H42O5/c1-5-6-7-8-9-10-11-12-13-14-15-16-17-18-19(23)22(25,26)20(24)27-21(2,3)4/h25-26H,5-18H2,1-4H3. The smallest absolute Gasteiger partial charge is 0.375 e. The molecule has 0 heterocycles. The van der Waals surface area contributed by atoms with E-state index in [0.29, 0.717) is 6.42 Å². The number of carbonyl (C=O) groups excluding carboxylic acids is 2. The van der Waals surface area contributed by atoms with Crippen molar-refractivity contribution in [1.82, 2.24) is 0 Å². The second kappa shape index (κ2) is 14.1. The summed E-state index contributed by atoms with van der Waals surface area (Å²) >= 11 is 0. The van der Waals surface area contributed by atoms with E-state index in [9.17, 15) is 19.8 Å². The zero-order valence-electron chi connectivity index (χ0n) is 18.0. The van der Waals surface area contributed by atoms with Gasteiger partial charge < -0.3 is 14.9 Å². The number of hydrogen-bond acceptors (Lipinski definition) is 5. The molecular weight excluding hydrogens is 344 g/mol. The summed E-state index contributed by atoms with van der Waals surface area (Å²) in [5, 5.41) is 19.5. The molecule has 5 heteroatoms. The maximum Gasteiger partial charge on any atom is 0.375 e. The second-order valence-electron chi connectivity index (χ2n) is 8.59. The molecule has 27 heavy (non-hydrogen) atoms. The van der Waals surface area contributed by atoms with Crippen molar-refractivity contribution in [2.45, 2.75) is 129 Å². The van der Waals surface area contributed by atoms with Gasteiger partial charge >= 0.3 is 11.8 Å². The monoisotopic (exact) mass is 386 g/mol. The Bertz CT molecular complexity index is 409. The van der Waals surface area contributed by atoms with Crippen LogP contribution in [0.1, 0.15) is 118 Å². The molecule has 0 aliphatic heterocycles. The van der Waals surface area contributed by atoms with E-state index in [2.05, 4.69) is 6.92 Å². The molecule has 0 unspecified atom stereocenters. The fourth-order valence-electron chi connectivity index (χ4n) is 2.94. The zero-order valence-corrected chi connectivity index (χ0v) is 18.0. The van der Waals surface area contributed by atoms with Gasteiger partial charge in [0.2, 0.25) is 5.78 Å². The quantitative estimate of drug-likeness (QED) is 0.168. The van der Waals surface area contributed by atoms with E-state index in [-0.39, 0.29) is 6.42 Å². The molecule has 0 atom stereocenters. The van der Waals surface area contributed by atoms with E-state index in [4.69, 9.17) is 4.74 Å². The first kappa shape index (κ1) is 26.1. The molecule has 0 saturated carbocycles. The second-order valence-corrected chi connectivity index (χ2v) is 8.59. The molecule has 0 rings (SSSR count). The van der Waals surface area contributed by atoms with Crippen LogP contribution in [0, 0.1) is 0 Å². The third kappa shape index (κ3) is 13.8. The molecule has 0 saturated heterocycles. The van der Waals surface area contributed by atoms with Crippen LogP contribution in [0.3, 0.4) is 0 Å². The van der Waals surface area contributed by atoms with Crippen LogP contribution in [0.2, 0.25) is 0 Å². The molecule has 0 radical (unpaired) electrons. The van der Waals surface area contributed by atoms with Crippen LogP contribution in [0.15, 0.2) is 0 Å². The maximum atomic E-state index is 11.9. The Balaban J connectivity index is 3.66. The number of ether oxygens (including phenoxy) is 1. The third-order valence-corrected chi connectivity index (χ3v) is 4.58. The fraction of sp³-hybridized carbons (Fsp3) is 0.909. The molecule has 0 amide bonds.